The molecule has 39 heavy (non-hydrogen) atoms. The third-order valence-corrected chi connectivity index (χ3v) is 6.68. The minimum Gasteiger partial charge on any atom is -0.493 e. The smallest absolute Gasteiger partial charge is 0.410 e. The Kier molecular flexibility index (Phi) is 12.8. The maximum atomic E-state index is 13.9. The molecule has 9 nitrogen and oxygen atoms in total. The molecule has 9 heteroatoms. The number of piperidine rings is 1. The predicted octanol–water partition coefficient (Wildman–Crippen LogP) is 5.12. The van der Waals surface area contributed by atoms with Gasteiger partial charge in [0.05, 0.1) is 19.8 Å². The molecule has 0 aliphatic carbocycles. The molecule has 0 saturated carbocycles. The second kappa shape index (κ2) is 15.3. The van der Waals surface area contributed by atoms with E-state index in [0.717, 1.165) is 32.2 Å². The van der Waals surface area contributed by atoms with E-state index in [2.05, 4.69) is 19.2 Å². The van der Waals surface area contributed by atoms with Gasteiger partial charge in [0.15, 0.2) is 11.5 Å². The molecule has 1 aliphatic heterocycles. The zero-order chi connectivity index (χ0) is 29.2. The van der Waals surface area contributed by atoms with Gasteiger partial charge in [0.25, 0.3) is 5.91 Å². The maximum Gasteiger partial charge on any atom is 0.410 e. The van der Waals surface area contributed by atoms with Gasteiger partial charge in [-0.05, 0) is 78.6 Å². The summed E-state index contributed by atoms with van der Waals surface area (Å²) in [5.41, 5.74) is -0.0699. The Morgan fingerprint density at radius 1 is 1.08 bits per heavy atom. The average Bonchev–Trinajstić information content (AvgIpc) is 2.85. The lowest BCUT2D eigenvalue weighted by molar-refractivity contribution is -0.00789. The Balaban J connectivity index is 2.27. The fourth-order valence-corrected chi connectivity index (χ4v) is 4.90. The van der Waals surface area contributed by atoms with Crippen molar-refractivity contribution in [2.75, 3.05) is 40.5 Å². The molecule has 2 atom stereocenters. The van der Waals surface area contributed by atoms with Crippen molar-refractivity contribution in [3.63, 3.8) is 0 Å². The number of likely N-dealkylation sites (tertiary alicyclic amines) is 1. The minimum absolute atomic E-state index is 0.0551. The van der Waals surface area contributed by atoms with E-state index in [0.29, 0.717) is 42.9 Å². The number of amides is 2. The number of benzene rings is 1. The largest absolute Gasteiger partial charge is 0.493 e. The number of hydrogen-bond donors (Lipinski definition) is 1. The van der Waals surface area contributed by atoms with Crippen LogP contribution in [0.1, 0.15) is 84.5 Å². The van der Waals surface area contributed by atoms with Crippen molar-refractivity contribution in [3.05, 3.63) is 23.8 Å². The summed E-state index contributed by atoms with van der Waals surface area (Å²) in [5, 5.41) is 3.46. The van der Waals surface area contributed by atoms with E-state index < -0.39 is 5.60 Å². The summed E-state index contributed by atoms with van der Waals surface area (Å²) in [7, 11) is 3.24. The Hall–Kier alpha value is -2.52. The van der Waals surface area contributed by atoms with Crippen LogP contribution in [0.3, 0.4) is 0 Å². The minimum atomic E-state index is -0.596. The third kappa shape index (κ3) is 10.2. The molecule has 0 spiro atoms. The summed E-state index contributed by atoms with van der Waals surface area (Å²) >= 11 is 0. The summed E-state index contributed by atoms with van der Waals surface area (Å²) in [6.07, 6.45) is 2.85. The van der Waals surface area contributed by atoms with Crippen LogP contribution in [-0.4, -0.2) is 92.1 Å². The van der Waals surface area contributed by atoms with Gasteiger partial charge in [-0.25, -0.2) is 4.79 Å². The van der Waals surface area contributed by atoms with Crippen LogP contribution in [0, 0.1) is 0 Å². The summed E-state index contributed by atoms with van der Waals surface area (Å²) in [6.45, 7) is 16.2. The lowest BCUT2D eigenvalue weighted by Gasteiger charge is -2.45. The molecule has 1 saturated heterocycles. The van der Waals surface area contributed by atoms with Gasteiger partial charge in [-0.3, -0.25) is 4.79 Å². The molecule has 1 aromatic carbocycles. The molecular weight excluding hydrogens is 498 g/mol. The van der Waals surface area contributed by atoms with Gasteiger partial charge in [-0.15, -0.1) is 0 Å². The highest BCUT2D eigenvalue weighted by Gasteiger charge is 2.38. The van der Waals surface area contributed by atoms with Gasteiger partial charge < -0.3 is 34.1 Å². The van der Waals surface area contributed by atoms with Gasteiger partial charge >= 0.3 is 6.09 Å². The molecule has 1 heterocycles. The number of nitrogens with one attached hydrogen (secondary N) is 1. The highest BCUT2D eigenvalue weighted by Crippen LogP contribution is 2.31. The second-order valence-corrected chi connectivity index (χ2v) is 11.8. The number of hydrogen-bond acceptors (Lipinski definition) is 7. The van der Waals surface area contributed by atoms with E-state index >= 15 is 0 Å². The topological polar surface area (TPSA) is 89.6 Å². The monoisotopic (exact) mass is 549 g/mol. The van der Waals surface area contributed by atoms with Crippen molar-refractivity contribution in [2.24, 2.45) is 0 Å². The lowest BCUT2D eigenvalue weighted by Crippen LogP contribution is -2.57. The molecule has 0 bridgehead atoms. The normalized spacial score (nSPS) is 17.9. The van der Waals surface area contributed by atoms with Crippen molar-refractivity contribution < 1.29 is 28.5 Å². The first kappa shape index (κ1) is 32.7. The maximum absolute atomic E-state index is 13.9. The van der Waals surface area contributed by atoms with Gasteiger partial charge in [-0.1, -0.05) is 13.8 Å². The molecule has 0 radical (unpaired) electrons. The quantitative estimate of drug-likeness (QED) is 0.342. The molecular formula is C30H51N3O6. The number of carbonyl (C=O) groups is 2. The number of ether oxygens (including phenoxy) is 4. The van der Waals surface area contributed by atoms with Gasteiger partial charge in [0.1, 0.15) is 5.60 Å². The Labute approximate surface area is 235 Å². The van der Waals surface area contributed by atoms with Crippen LogP contribution in [0.5, 0.6) is 11.5 Å². The molecule has 1 aromatic rings. The summed E-state index contributed by atoms with van der Waals surface area (Å²) in [5.74, 6) is 1.01. The van der Waals surface area contributed by atoms with Gasteiger partial charge in [-0.2, -0.15) is 0 Å². The SMILES string of the molecule is COCCCOc1cc(C(=O)N(C(C)C)[C@@H]2CC[C@H](CCNC(C)C)N(C(=O)OC(C)(C)C)C2)ccc1OC. The Morgan fingerprint density at radius 2 is 1.79 bits per heavy atom. The fourth-order valence-electron chi connectivity index (χ4n) is 4.90. The average molecular weight is 550 g/mol. The molecule has 0 aromatic heterocycles. The van der Waals surface area contributed by atoms with E-state index in [4.69, 9.17) is 18.9 Å². The van der Waals surface area contributed by atoms with E-state index in [1.165, 1.54) is 0 Å². The second-order valence-electron chi connectivity index (χ2n) is 11.8. The molecule has 1 fully saturated rings. The molecule has 1 N–H and O–H groups in total. The zero-order valence-electron chi connectivity index (χ0n) is 25.5. The summed E-state index contributed by atoms with van der Waals surface area (Å²) < 4.78 is 22.3. The summed E-state index contributed by atoms with van der Waals surface area (Å²) in [4.78, 5) is 30.9. The lowest BCUT2D eigenvalue weighted by atomic mass is 9.93. The van der Waals surface area contributed by atoms with Crippen molar-refractivity contribution >= 4 is 12.0 Å². The van der Waals surface area contributed by atoms with Crippen molar-refractivity contribution in [2.45, 2.75) is 104 Å². The first-order valence-electron chi connectivity index (χ1n) is 14.2. The van der Waals surface area contributed by atoms with E-state index in [1.54, 1.807) is 32.4 Å². The van der Waals surface area contributed by atoms with Crippen LogP contribution in [0.4, 0.5) is 4.79 Å². The molecule has 0 unspecified atom stereocenters. The third-order valence-electron chi connectivity index (χ3n) is 6.68. The summed E-state index contributed by atoms with van der Waals surface area (Å²) in [6, 6.07) is 5.53. The molecule has 2 amide bonds. The van der Waals surface area contributed by atoms with Crippen molar-refractivity contribution in [1.29, 1.82) is 0 Å². The van der Waals surface area contributed by atoms with Crippen LogP contribution in [-0.2, 0) is 9.47 Å². The Bertz CT molecular complexity index is 914. The molecule has 2 rings (SSSR count). The van der Waals surface area contributed by atoms with Crippen molar-refractivity contribution in [3.8, 4) is 11.5 Å². The first-order valence-corrected chi connectivity index (χ1v) is 14.2. The van der Waals surface area contributed by atoms with Gasteiger partial charge in [0, 0.05) is 50.4 Å². The first-order chi connectivity index (χ1) is 18.4. The number of rotatable bonds is 13. The number of nitrogens with zero attached hydrogens (tertiary/aromatic N) is 2. The standard InChI is InChI=1S/C30H51N3O6/c1-21(2)31-16-15-24-12-13-25(20-32(24)29(35)39-30(5,6)7)33(22(3)4)28(34)23-11-14-26(37-9)27(19-23)38-18-10-17-36-8/h11,14,19,21-22,24-25,31H,10,12-13,15-18,20H2,1-9H3/t24-,25-/m1/s1. The van der Waals surface area contributed by atoms with E-state index in [9.17, 15) is 9.59 Å². The van der Waals surface area contributed by atoms with E-state index in [1.807, 2.05) is 44.4 Å². The predicted molar refractivity (Wildman–Crippen MR) is 154 cm³/mol. The molecule has 1 aliphatic rings. The van der Waals surface area contributed by atoms with Crippen LogP contribution < -0.4 is 14.8 Å². The number of carbonyl (C=O) groups excluding carboxylic acids is 2. The fraction of sp³-hybridized carbons (Fsp3) is 0.733. The highest BCUT2D eigenvalue weighted by atomic mass is 16.6. The van der Waals surface area contributed by atoms with Crippen LogP contribution in [0.2, 0.25) is 0 Å². The van der Waals surface area contributed by atoms with Crippen LogP contribution in [0.25, 0.3) is 0 Å². The highest BCUT2D eigenvalue weighted by molar-refractivity contribution is 5.95. The van der Waals surface area contributed by atoms with Crippen molar-refractivity contribution in [1.82, 2.24) is 15.1 Å². The molecule has 222 valence electrons. The number of methoxy groups -OCH3 is 2. The Morgan fingerprint density at radius 3 is 2.38 bits per heavy atom. The van der Waals surface area contributed by atoms with Gasteiger partial charge in [0.2, 0.25) is 0 Å². The zero-order valence-corrected chi connectivity index (χ0v) is 25.5. The van der Waals surface area contributed by atoms with Crippen LogP contribution in [0.15, 0.2) is 18.2 Å². The van der Waals surface area contributed by atoms with E-state index in [-0.39, 0.29) is 30.1 Å². The van der Waals surface area contributed by atoms with Crippen LogP contribution >= 0.6 is 0 Å².